The quantitative estimate of drug-likeness (QED) is 0.0652. The predicted molar refractivity (Wildman–Crippen MR) is 209 cm³/mol. The summed E-state index contributed by atoms with van der Waals surface area (Å²) in [6, 6.07) is -8.08. The molecule has 0 aromatic carbocycles. The number of aliphatic hydroxyl groups excluding tert-OH is 1. The molecule has 9 atom stereocenters. The van der Waals surface area contributed by atoms with Gasteiger partial charge < -0.3 is 36.8 Å². The lowest BCUT2D eigenvalue weighted by Crippen LogP contribution is -2.66. The average Bonchev–Trinajstić information content (AvgIpc) is 3.15. The van der Waals surface area contributed by atoms with E-state index in [2.05, 4.69) is 37.4 Å². The lowest BCUT2D eigenvalue weighted by atomic mass is 9.97. The summed E-state index contributed by atoms with van der Waals surface area (Å²) in [6.45, 7) is 16.4. The first kappa shape index (κ1) is 48.8. The molecule has 0 spiro atoms. The van der Waals surface area contributed by atoms with Crippen molar-refractivity contribution < 1.29 is 48.6 Å². The standard InChI is InChI=1S/C38H67N9O10/c1-10-23(8)30(39-19-48)34(52)45-31(24(9)49)35(53)42-25(17-20(2)3)32(50)44-29(22(6)7)37(55)46-27(13-11-15-40-46)33(51)43-26(18-21(4)5)36(54)47-28(38(56)57)14-12-16-41-47/h19-31,40-41,49H,10-18H2,1-9H3,(H,39,48)(H,42,53)(H,43,51)(H,44,50)(H,45,52)(H,56,57)/t23-,24-,25+,26+,27?,28?,29+,30+,31+/m1/s1. The van der Waals surface area contributed by atoms with Gasteiger partial charge in [-0.15, -0.1) is 0 Å². The normalized spacial score (nSPS) is 21.0. The minimum absolute atomic E-state index is 0.0531. The van der Waals surface area contributed by atoms with Crippen molar-refractivity contribution in [2.75, 3.05) is 13.1 Å². The molecule has 0 aliphatic carbocycles. The number of hydrazine groups is 2. The molecule has 2 unspecified atom stereocenters. The summed E-state index contributed by atoms with van der Waals surface area (Å²) in [5, 5.41) is 35.6. The Bertz CT molecular complexity index is 1410. The van der Waals surface area contributed by atoms with Gasteiger partial charge in [-0.05, 0) is 69.1 Å². The maximum absolute atomic E-state index is 14.3. The topological polar surface area (TPSA) is 268 Å². The third kappa shape index (κ3) is 14.2. The van der Waals surface area contributed by atoms with Gasteiger partial charge in [0.05, 0.1) is 6.10 Å². The molecule has 2 rings (SSSR count). The highest BCUT2D eigenvalue weighted by Gasteiger charge is 2.42. The molecule has 0 bridgehead atoms. The number of carbonyl (C=O) groups is 8. The van der Waals surface area contributed by atoms with Crippen molar-refractivity contribution in [3.8, 4) is 0 Å². The van der Waals surface area contributed by atoms with Gasteiger partial charge >= 0.3 is 5.97 Å². The van der Waals surface area contributed by atoms with Crippen LogP contribution in [0.2, 0.25) is 0 Å². The Morgan fingerprint density at radius 1 is 0.684 bits per heavy atom. The van der Waals surface area contributed by atoms with Gasteiger partial charge in [0, 0.05) is 13.1 Å². The Morgan fingerprint density at radius 2 is 1.19 bits per heavy atom. The van der Waals surface area contributed by atoms with Crippen LogP contribution in [0.5, 0.6) is 0 Å². The van der Waals surface area contributed by atoms with Gasteiger partial charge in [0.25, 0.3) is 11.8 Å². The predicted octanol–water partition coefficient (Wildman–Crippen LogP) is -0.709. The molecule has 2 aliphatic rings. The number of nitrogens with one attached hydrogen (secondary N) is 7. The number of hydrogen-bond donors (Lipinski definition) is 9. The molecule has 19 nitrogen and oxygen atoms in total. The second-order valence-electron chi connectivity index (χ2n) is 16.4. The Kier molecular flexibility index (Phi) is 19.8. The molecular formula is C38H67N9O10. The van der Waals surface area contributed by atoms with E-state index in [1.54, 1.807) is 20.8 Å². The van der Waals surface area contributed by atoms with Crippen LogP contribution < -0.4 is 37.4 Å². The van der Waals surface area contributed by atoms with Crippen LogP contribution in [0, 0.1) is 23.7 Å². The number of carboxylic acid groups (broad SMARTS) is 1. The van der Waals surface area contributed by atoms with E-state index in [0.717, 1.165) is 10.0 Å². The molecule has 7 amide bonds. The number of carbonyl (C=O) groups excluding carboxylic acids is 7. The lowest BCUT2D eigenvalue weighted by molar-refractivity contribution is -0.158. The van der Waals surface area contributed by atoms with Crippen LogP contribution in [0.3, 0.4) is 0 Å². The number of aliphatic carboxylic acids is 1. The first-order valence-electron chi connectivity index (χ1n) is 20.2. The Morgan fingerprint density at radius 3 is 1.68 bits per heavy atom. The minimum atomic E-state index is -1.48. The summed E-state index contributed by atoms with van der Waals surface area (Å²) in [5.74, 6) is -6.21. The van der Waals surface area contributed by atoms with Gasteiger partial charge in [0.1, 0.15) is 42.3 Å². The highest BCUT2D eigenvalue weighted by Crippen LogP contribution is 2.19. The van der Waals surface area contributed by atoms with Crippen molar-refractivity contribution in [1.82, 2.24) is 47.5 Å². The maximum Gasteiger partial charge on any atom is 0.328 e. The highest BCUT2D eigenvalue weighted by atomic mass is 16.4. The SMILES string of the molecule is CC[C@@H](C)[C@H](NC=O)C(=O)N[C@H](C(=O)N[C@@H](CC(C)C)C(=O)N[C@H](C(=O)N1NCCCC1C(=O)N[C@@H](CC(C)C)C(=O)N1NCCCC1C(=O)O)C(C)C)[C@@H](C)O. The van der Waals surface area contributed by atoms with Gasteiger partial charge in [-0.2, -0.15) is 0 Å². The Balaban J connectivity index is 2.31. The number of aliphatic hydroxyl groups is 1. The van der Waals surface area contributed by atoms with E-state index in [1.807, 2.05) is 34.6 Å². The smallest absolute Gasteiger partial charge is 0.328 e. The van der Waals surface area contributed by atoms with Crippen molar-refractivity contribution in [2.24, 2.45) is 23.7 Å². The van der Waals surface area contributed by atoms with Crippen molar-refractivity contribution in [3.05, 3.63) is 0 Å². The summed E-state index contributed by atoms with van der Waals surface area (Å²) in [5.41, 5.74) is 5.84. The molecule has 0 aromatic heterocycles. The molecular weight excluding hydrogens is 742 g/mol. The molecule has 0 aromatic rings. The van der Waals surface area contributed by atoms with Gasteiger partial charge in [-0.1, -0.05) is 61.8 Å². The molecule has 2 aliphatic heterocycles. The van der Waals surface area contributed by atoms with Gasteiger partial charge in [0.2, 0.25) is 30.0 Å². The number of hydrogen-bond acceptors (Lipinski definition) is 11. The fourth-order valence-electron chi connectivity index (χ4n) is 6.88. The van der Waals surface area contributed by atoms with E-state index in [4.69, 9.17) is 0 Å². The summed E-state index contributed by atoms with van der Waals surface area (Å²) in [7, 11) is 0. The van der Waals surface area contributed by atoms with E-state index >= 15 is 0 Å². The van der Waals surface area contributed by atoms with Crippen LogP contribution in [0.1, 0.15) is 107 Å². The van der Waals surface area contributed by atoms with Crippen molar-refractivity contribution >= 4 is 47.8 Å². The number of nitrogens with zero attached hydrogens (tertiary/aromatic N) is 2. The van der Waals surface area contributed by atoms with Crippen LogP contribution in [0.25, 0.3) is 0 Å². The largest absolute Gasteiger partial charge is 0.480 e. The van der Waals surface area contributed by atoms with Gasteiger partial charge in [-0.25, -0.2) is 15.6 Å². The van der Waals surface area contributed by atoms with Crippen LogP contribution >= 0.6 is 0 Å². The third-order valence-corrected chi connectivity index (χ3v) is 10.3. The zero-order valence-electron chi connectivity index (χ0n) is 34.9. The maximum atomic E-state index is 14.3. The number of rotatable bonds is 21. The molecule has 2 fully saturated rings. The van der Waals surface area contributed by atoms with Crippen LogP contribution in [0.15, 0.2) is 0 Å². The summed E-state index contributed by atoms with van der Waals surface area (Å²) in [6.07, 6.45) is 1.46. The lowest BCUT2D eigenvalue weighted by Gasteiger charge is -2.40. The van der Waals surface area contributed by atoms with E-state index in [-0.39, 0.29) is 43.4 Å². The molecule has 2 saturated heterocycles. The highest BCUT2D eigenvalue weighted by molar-refractivity contribution is 5.97. The number of carboxylic acids is 1. The minimum Gasteiger partial charge on any atom is -0.480 e. The molecule has 57 heavy (non-hydrogen) atoms. The van der Waals surface area contributed by atoms with Crippen molar-refractivity contribution in [1.29, 1.82) is 0 Å². The van der Waals surface area contributed by atoms with Gasteiger partial charge in [0.15, 0.2) is 0 Å². The fourth-order valence-corrected chi connectivity index (χ4v) is 6.88. The molecule has 9 N–H and O–H groups in total. The van der Waals surface area contributed by atoms with Crippen molar-refractivity contribution in [3.63, 3.8) is 0 Å². The van der Waals surface area contributed by atoms with Crippen molar-refractivity contribution in [2.45, 2.75) is 156 Å². The van der Waals surface area contributed by atoms with Crippen LogP contribution in [-0.4, -0.2) is 130 Å². The zero-order valence-corrected chi connectivity index (χ0v) is 34.9. The summed E-state index contributed by atoms with van der Waals surface area (Å²) >= 11 is 0. The van der Waals surface area contributed by atoms with E-state index in [0.29, 0.717) is 38.8 Å². The van der Waals surface area contributed by atoms with Gasteiger partial charge in [-0.3, -0.25) is 43.6 Å². The zero-order chi connectivity index (χ0) is 43.1. The molecule has 0 saturated carbocycles. The Labute approximate surface area is 335 Å². The molecule has 2 heterocycles. The average molecular weight is 810 g/mol. The number of amides is 7. The molecule has 324 valence electrons. The third-order valence-electron chi connectivity index (χ3n) is 10.3. The van der Waals surface area contributed by atoms with Crippen LogP contribution in [0.4, 0.5) is 0 Å². The molecule has 19 heteroatoms. The van der Waals surface area contributed by atoms with E-state index in [1.165, 1.54) is 6.92 Å². The van der Waals surface area contributed by atoms with E-state index < -0.39 is 95.7 Å². The fraction of sp³-hybridized carbons (Fsp3) is 0.789. The molecule has 0 radical (unpaired) electrons. The summed E-state index contributed by atoms with van der Waals surface area (Å²) < 4.78 is 0. The first-order valence-corrected chi connectivity index (χ1v) is 20.2. The monoisotopic (exact) mass is 810 g/mol. The first-order chi connectivity index (χ1) is 26.7. The van der Waals surface area contributed by atoms with Crippen LogP contribution in [-0.2, 0) is 38.4 Å². The summed E-state index contributed by atoms with van der Waals surface area (Å²) in [4.78, 5) is 106. The second-order valence-corrected chi connectivity index (χ2v) is 16.4. The second kappa shape index (κ2) is 23.1. The Hall–Kier alpha value is -4.36. The van der Waals surface area contributed by atoms with E-state index in [9.17, 15) is 48.6 Å².